The highest BCUT2D eigenvalue weighted by Crippen LogP contribution is 2.39. The zero-order valence-corrected chi connectivity index (χ0v) is 10.4. The van der Waals surface area contributed by atoms with Crippen molar-refractivity contribution < 1.29 is 9.53 Å². The number of ether oxygens (including phenoxy) is 1. The molecule has 2 heteroatoms. The standard InChI is InChI=1S/C10H6.C5H10O2/c1-2-7-6-8-4-5-10(7)9(8)3-1;1-5(2,3)7-4-6/h1-6H;4H,1-3H3. The number of benzene rings is 1. The molecule has 0 aliphatic heterocycles. The summed E-state index contributed by atoms with van der Waals surface area (Å²) in [7, 11) is 0. The van der Waals surface area contributed by atoms with Crippen molar-refractivity contribution in [3.8, 4) is 0 Å². The van der Waals surface area contributed by atoms with Gasteiger partial charge in [-0.05, 0) is 49.1 Å². The summed E-state index contributed by atoms with van der Waals surface area (Å²) in [4.78, 5) is 9.60. The van der Waals surface area contributed by atoms with Gasteiger partial charge in [0.1, 0.15) is 5.60 Å². The number of hydrogen-bond acceptors (Lipinski definition) is 2. The Morgan fingerprint density at radius 2 is 1.94 bits per heavy atom. The molecule has 1 aromatic carbocycles. The molecule has 2 nitrogen and oxygen atoms in total. The van der Waals surface area contributed by atoms with Gasteiger partial charge in [-0.25, -0.2) is 0 Å². The molecule has 2 aliphatic rings. The summed E-state index contributed by atoms with van der Waals surface area (Å²) in [6, 6.07) is 6.46. The highest BCUT2D eigenvalue weighted by Gasteiger charge is 2.18. The Morgan fingerprint density at radius 3 is 2.41 bits per heavy atom. The van der Waals surface area contributed by atoms with Gasteiger partial charge in [-0.3, -0.25) is 4.79 Å². The summed E-state index contributed by atoms with van der Waals surface area (Å²) in [6.07, 6.45) is 6.61. The first-order valence-corrected chi connectivity index (χ1v) is 5.66. The average molecular weight is 228 g/mol. The zero-order valence-electron chi connectivity index (χ0n) is 10.4. The molecule has 4 bridgehead atoms. The van der Waals surface area contributed by atoms with Gasteiger partial charge in [-0.15, -0.1) is 0 Å². The highest BCUT2D eigenvalue weighted by molar-refractivity contribution is 6.05. The van der Waals surface area contributed by atoms with E-state index in [1.807, 2.05) is 20.8 Å². The topological polar surface area (TPSA) is 26.3 Å². The van der Waals surface area contributed by atoms with Gasteiger partial charge in [-0.2, -0.15) is 0 Å². The van der Waals surface area contributed by atoms with Gasteiger partial charge in [0.05, 0.1) is 0 Å². The van der Waals surface area contributed by atoms with E-state index < -0.39 is 0 Å². The molecule has 88 valence electrons. The quantitative estimate of drug-likeness (QED) is 0.687. The van der Waals surface area contributed by atoms with Crippen LogP contribution in [0.5, 0.6) is 0 Å². The van der Waals surface area contributed by atoms with Crippen LogP contribution in [-0.4, -0.2) is 12.1 Å². The van der Waals surface area contributed by atoms with Crippen LogP contribution in [0.3, 0.4) is 0 Å². The van der Waals surface area contributed by atoms with Crippen LogP contribution < -0.4 is 0 Å². The van der Waals surface area contributed by atoms with Gasteiger partial charge in [0.25, 0.3) is 6.47 Å². The van der Waals surface area contributed by atoms with Gasteiger partial charge in [0.2, 0.25) is 0 Å². The zero-order chi connectivity index (χ0) is 12.5. The SMILES string of the molecule is C1=Cc2c3cccc2C1=C3.CC(C)(C)OC=O. The Balaban J connectivity index is 0.000000139. The monoisotopic (exact) mass is 228 g/mol. The molecule has 3 rings (SSSR count). The number of rotatable bonds is 1. The first kappa shape index (κ1) is 11.6. The lowest BCUT2D eigenvalue weighted by molar-refractivity contribution is -0.138. The molecule has 0 N–H and O–H groups in total. The molecule has 0 saturated carbocycles. The van der Waals surface area contributed by atoms with E-state index in [9.17, 15) is 4.79 Å². The first-order chi connectivity index (χ1) is 8.01. The van der Waals surface area contributed by atoms with Gasteiger partial charge < -0.3 is 4.74 Å². The third-order valence-corrected chi connectivity index (χ3v) is 2.59. The highest BCUT2D eigenvalue weighted by atomic mass is 16.5. The van der Waals surface area contributed by atoms with Crippen LogP contribution in [0.4, 0.5) is 0 Å². The fourth-order valence-electron chi connectivity index (χ4n) is 1.85. The smallest absolute Gasteiger partial charge is 0.293 e. The summed E-state index contributed by atoms with van der Waals surface area (Å²) >= 11 is 0. The van der Waals surface area contributed by atoms with E-state index in [0.29, 0.717) is 6.47 Å². The van der Waals surface area contributed by atoms with Gasteiger partial charge in [0.15, 0.2) is 0 Å². The number of carbonyl (C=O) groups is 1. The normalized spacial score (nSPS) is 13.9. The van der Waals surface area contributed by atoms with Gasteiger partial charge in [-0.1, -0.05) is 30.4 Å². The van der Waals surface area contributed by atoms with Crippen molar-refractivity contribution in [2.45, 2.75) is 26.4 Å². The van der Waals surface area contributed by atoms with Crippen molar-refractivity contribution in [1.29, 1.82) is 0 Å². The molecule has 0 aromatic heterocycles. The van der Waals surface area contributed by atoms with Crippen molar-refractivity contribution in [1.82, 2.24) is 0 Å². The molecule has 0 fully saturated rings. The van der Waals surface area contributed by atoms with Crippen LogP contribution in [0.2, 0.25) is 0 Å². The summed E-state index contributed by atoms with van der Waals surface area (Å²) < 4.78 is 4.55. The molecule has 0 radical (unpaired) electrons. The van der Waals surface area contributed by atoms with E-state index in [0.717, 1.165) is 0 Å². The van der Waals surface area contributed by atoms with E-state index in [1.54, 1.807) is 0 Å². The fourth-order valence-corrected chi connectivity index (χ4v) is 1.85. The summed E-state index contributed by atoms with van der Waals surface area (Å²) in [5, 5.41) is 0. The van der Waals surface area contributed by atoms with E-state index in [-0.39, 0.29) is 5.60 Å². The fraction of sp³-hybridized carbons (Fsp3) is 0.267. The predicted octanol–water partition coefficient (Wildman–Crippen LogP) is 3.53. The second-order valence-electron chi connectivity index (χ2n) is 5.07. The second kappa shape index (κ2) is 4.21. The third-order valence-electron chi connectivity index (χ3n) is 2.59. The molecule has 0 saturated heterocycles. The maximum absolute atomic E-state index is 9.60. The lowest BCUT2D eigenvalue weighted by atomic mass is 10.1. The molecule has 17 heavy (non-hydrogen) atoms. The maximum Gasteiger partial charge on any atom is 0.293 e. The number of hydrogen-bond donors (Lipinski definition) is 0. The second-order valence-corrected chi connectivity index (χ2v) is 5.07. The van der Waals surface area contributed by atoms with Crippen LogP contribution in [0.1, 0.15) is 37.5 Å². The van der Waals surface area contributed by atoms with E-state index in [4.69, 9.17) is 0 Å². The summed E-state index contributed by atoms with van der Waals surface area (Å²) in [5.74, 6) is 0. The van der Waals surface area contributed by atoms with Gasteiger partial charge in [0, 0.05) is 0 Å². The molecular weight excluding hydrogens is 212 g/mol. The van der Waals surface area contributed by atoms with Crippen LogP contribution in [0, 0.1) is 0 Å². The minimum absolute atomic E-state index is 0.318. The molecule has 0 unspecified atom stereocenters. The van der Waals surface area contributed by atoms with Crippen molar-refractivity contribution in [3.05, 3.63) is 41.0 Å². The van der Waals surface area contributed by atoms with Gasteiger partial charge >= 0.3 is 0 Å². The molecule has 0 atom stereocenters. The largest absolute Gasteiger partial charge is 0.462 e. The lowest BCUT2D eigenvalue weighted by Crippen LogP contribution is -2.17. The Labute approximate surface area is 102 Å². The van der Waals surface area contributed by atoms with Crippen LogP contribution >= 0.6 is 0 Å². The predicted molar refractivity (Wildman–Crippen MR) is 70.2 cm³/mol. The van der Waals surface area contributed by atoms with Crippen molar-refractivity contribution in [2.75, 3.05) is 0 Å². The molecule has 1 aromatic rings. The molecular formula is C15H16O2. The van der Waals surface area contributed by atoms with Crippen molar-refractivity contribution in [3.63, 3.8) is 0 Å². The number of carbonyl (C=O) groups excluding carboxylic acids is 1. The Morgan fingerprint density at radius 1 is 1.18 bits per heavy atom. The Kier molecular flexibility index (Phi) is 2.88. The van der Waals surface area contributed by atoms with Crippen molar-refractivity contribution in [2.24, 2.45) is 0 Å². The molecule has 0 spiro atoms. The van der Waals surface area contributed by atoms with E-state index in [1.165, 1.54) is 22.3 Å². The Bertz CT molecular complexity index is 502. The summed E-state index contributed by atoms with van der Waals surface area (Å²) in [5.41, 5.74) is 5.28. The first-order valence-electron chi connectivity index (χ1n) is 5.66. The van der Waals surface area contributed by atoms with Crippen LogP contribution in [0.15, 0.2) is 24.3 Å². The molecule has 0 heterocycles. The third kappa shape index (κ3) is 2.47. The van der Waals surface area contributed by atoms with Crippen LogP contribution in [0.25, 0.3) is 17.7 Å². The van der Waals surface area contributed by atoms with E-state index >= 15 is 0 Å². The number of allylic oxidation sites excluding steroid dienone is 2. The molecule has 2 aliphatic carbocycles. The minimum Gasteiger partial charge on any atom is -0.462 e. The molecule has 0 amide bonds. The average Bonchev–Trinajstić information content (AvgIpc) is 2.71. The lowest BCUT2D eigenvalue weighted by Gasteiger charge is -2.14. The maximum atomic E-state index is 9.60. The minimum atomic E-state index is -0.318. The Hall–Kier alpha value is -1.83. The summed E-state index contributed by atoms with van der Waals surface area (Å²) in [6.45, 7) is 5.92. The van der Waals surface area contributed by atoms with Crippen LogP contribution in [-0.2, 0) is 9.53 Å². The van der Waals surface area contributed by atoms with Crippen molar-refractivity contribution >= 4 is 24.2 Å². The van der Waals surface area contributed by atoms with E-state index in [2.05, 4.69) is 41.2 Å².